The first-order valence-electron chi connectivity index (χ1n) is 14.3. The Balaban J connectivity index is 1.58. The Morgan fingerprint density at radius 1 is 0.923 bits per heavy atom. The van der Waals surface area contributed by atoms with Crippen molar-refractivity contribution < 1.29 is 44.5 Å². The minimum atomic E-state index is -4.69. The summed E-state index contributed by atoms with van der Waals surface area (Å²) >= 11 is 0. The first-order valence-corrected chi connectivity index (χ1v) is 17.0. The van der Waals surface area contributed by atoms with E-state index < -0.39 is 44.5 Å². The Morgan fingerprint density at radius 3 is 2.21 bits per heavy atom. The molecule has 0 bridgehead atoms. The van der Waals surface area contributed by atoms with Gasteiger partial charge in [0.05, 0.1) is 18.8 Å². The van der Waals surface area contributed by atoms with Crippen molar-refractivity contribution in [1.82, 2.24) is 0 Å². The predicted molar refractivity (Wildman–Crippen MR) is 144 cm³/mol. The van der Waals surface area contributed by atoms with Crippen molar-refractivity contribution in [3.05, 3.63) is 12.2 Å². The number of fused-ring (bicyclic) bond motifs is 5. The molecule has 0 aromatic heterocycles. The Bertz CT molecular complexity index is 1120. The standard InChI is InChI=1S/C27H46O10S2/c1-16(2)6-5-7-17(15-36-38(30,31)32)19-10-11-20-18-8-9-21-25(29)23(37-39(33,34)35)12-13-26(21,3)24(18)22(28)14-27(19,20)4/h5,7,16-25,28-29H,6,8-15H2,1-4H3,(H,30,31,32)(H,33,34,35)/b7-5+/t17-,18?,19+,20?,21+,22?,23+,24?,25-,26-,27+/m0/s1. The normalized spacial score (nSPS) is 43.7. The molecule has 10 nitrogen and oxygen atoms in total. The van der Waals surface area contributed by atoms with E-state index in [1.54, 1.807) is 0 Å². The summed E-state index contributed by atoms with van der Waals surface area (Å²) in [5, 5.41) is 22.8. The van der Waals surface area contributed by atoms with Crippen molar-refractivity contribution in [3.8, 4) is 0 Å². The van der Waals surface area contributed by atoms with Crippen LogP contribution in [0.2, 0.25) is 0 Å². The molecule has 0 amide bonds. The SMILES string of the molecule is CC(C)C/C=C/[C@@H](COS(=O)(=O)O)[C@H]1CCC2C3CC[C@@H]4[C@H](O)[C@H](OS(=O)(=O)O)CC[C@]4(C)C3C(O)C[C@@]21C. The van der Waals surface area contributed by atoms with Gasteiger partial charge in [-0.2, -0.15) is 16.8 Å². The monoisotopic (exact) mass is 594 g/mol. The number of aliphatic hydroxyl groups is 2. The zero-order chi connectivity index (χ0) is 29.0. The lowest BCUT2D eigenvalue weighted by Gasteiger charge is -2.63. The van der Waals surface area contributed by atoms with Crippen LogP contribution in [0.25, 0.3) is 0 Å². The van der Waals surface area contributed by atoms with Gasteiger partial charge in [0.25, 0.3) is 0 Å². The Labute approximate surface area is 233 Å². The van der Waals surface area contributed by atoms with Gasteiger partial charge in [-0.1, -0.05) is 39.8 Å². The van der Waals surface area contributed by atoms with Crippen molar-refractivity contribution in [2.45, 2.75) is 97.4 Å². The fraction of sp³-hybridized carbons (Fsp3) is 0.926. The first-order chi connectivity index (χ1) is 18.0. The molecule has 226 valence electrons. The fourth-order valence-corrected chi connectivity index (χ4v) is 10.3. The van der Waals surface area contributed by atoms with Gasteiger partial charge in [-0.05, 0) is 97.7 Å². The van der Waals surface area contributed by atoms with Crippen LogP contribution in [0.1, 0.15) is 79.1 Å². The lowest BCUT2D eigenvalue weighted by molar-refractivity contribution is -0.204. The summed E-state index contributed by atoms with van der Waals surface area (Å²) in [6, 6.07) is 0. The van der Waals surface area contributed by atoms with Crippen LogP contribution in [0.4, 0.5) is 0 Å². The molecule has 12 heteroatoms. The number of hydrogen-bond donors (Lipinski definition) is 4. The third-order valence-corrected chi connectivity index (χ3v) is 11.8. The zero-order valence-electron chi connectivity index (χ0n) is 23.3. The van der Waals surface area contributed by atoms with Crippen molar-refractivity contribution in [2.75, 3.05) is 6.61 Å². The molecule has 39 heavy (non-hydrogen) atoms. The second-order valence-electron chi connectivity index (χ2n) is 13.5. The molecule has 0 saturated heterocycles. The number of aliphatic hydroxyl groups excluding tert-OH is 2. The van der Waals surface area contributed by atoms with E-state index >= 15 is 0 Å². The highest BCUT2D eigenvalue weighted by Gasteiger charge is 2.65. The lowest BCUT2D eigenvalue weighted by Crippen LogP contribution is -2.62. The molecule has 0 radical (unpaired) electrons. The van der Waals surface area contributed by atoms with Crippen LogP contribution in [0, 0.1) is 52.3 Å². The largest absolute Gasteiger partial charge is 0.397 e. The summed E-state index contributed by atoms with van der Waals surface area (Å²) in [6.45, 7) is 8.36. The van der Waals surface area contributed by atoms with E-state index in [1.807, 2.05) is 6.08 Å². The summed E-state index contributed by atoms with van der Waals surface area (Å²) in [4.78, 5) is 0. The van der Waals surface area contributed by atoms with Gasteiger partial charge in [0, 0.05) is 5.92 Å². The molecule has 0 spiro atoms. The second kappa shape index (κ2) is 11.2. The molecule has 0 aliphatic heterocycles. The molecule has 4 fully saturated rings. The van der Waals surface area contributed by atoms with E-state index in [0.29, 0.717) is 31.1 Å². The smallest absolute Gasteiger partial charge is 0.393 e. The van der Waals surface area contributed by atoms with Gasteiger partial charge >= 0.3 is 20.8 Å². The van der Waals surface area contributed by atoms with Gasteiger partial charge in [-0.25, -0.2) is 8.37 Å². The van der Waals surface area contributed by atoms with Gasteiger partial charge in [0.15, 0.2) is 0 Å². The highest BCUT2D eigenvalue weighted by Crippen LogP contribution is 2.68. The van der Waals surface area contributed by atoms with Crippen LogP contribution < -0.4 is 0 Å². The number of hydrogen-bond acceptors (Lipinski definition) is 8. The molecular formula is C27H46O10S2. The topological polar surface area (TPSA) is 168 Å². The van der Waals surface area contributed by atoms with Crippen molar-refractivity contribution in [3.63, 3.8) is 0 Å². The first kappa shape index (κ1) is 31.3. The Kier molecular flexibility index (Phi) is 9.03. The molecule has 4 rings (SSSR count). The average Bonchev–Trinajstić information content (AvgIpc) is 3.12. The van der Waals surface area contributed by atoms with Gasteiger partial charge in [0.1, 0.15) is 6.10 Å². The highest BCUT2D eigenvalue weighted by atomic mass is 32.3. The zero-order valence-corrected chi connectivity index (χ0v) is 25.0. The Morgan fingerprint density at radius 2 is 1.59 bits per heavy atom. The van der Waals surface area contributed by atoms with E-state index in [0.717, 1.165) is 25.7 Å². The predicted octanol–water partition coefficient (Wildman–Crippen LogP) is 3.81. The van der Waals surface area contributed by atoms with Crippen molar-refractivity contribution >= 4 is 20.8 Å². The molecule has 0 aromatic carbocycles. The molecule has 4 aliphatic rings. The van der Waals surface area contributed by atoms with Crippen LogP contribution in [-0.4, -0.2) is 61.1 Å². The van der Waals surface area contributed by atoms with E-state index in [4.69, 9.17) is 8.37 Å². The van der Waals surface area contributed by atoms with Gasteiger partial charge in [0.2, 0.25) is 0 Å². The van der Waals surface area contributed by atoms with Crippen molar-refractivity contribution in [2.24, 2.45) is 52.3 Å². The summed E-state index contributed by atoms with van der Waals surface area (Å²) in [5.74, 6) is 0.453. The van der Waals surface area contributed by atoms with E-state index in [-0.39, 0.29) is 48.0 Å². The number of rotatable bonds is 9. The molecule has 4 saturated carbocycles. The minimum absolute atomic E-state index is 0.0679. The molecule has 0 heterocycles. The summed E-state index contributed by atoms with van der Waals surface area (Å²) < 4.78 is 73.6. The van der Waals surface area contributed by atoms with Gasteiger partial charge < -0.3 is 10.2 Å². The maximum atomic E-state index is 11.7. The Hall–Kier alpha value is -0.600. The van der Waals surface area contributed by atoms with Gasteiger partial charge in [-0.3, -0.25) is 9.11 Å². The molecule has 4 aliphatic carbocycles. The van der Waals surface area contributed by atoms with E-state index in [2.05, 4.69) is 33.8 Å². The third kappa shape index (κ3) is 6.43. The highest BCUT2D eigenvalue weighted by molar-refractivity contribution is 7.81. The lowest BCUT2D eigenvalue weighted by atomic mass is 9.43. The van der Waals surface area contributed by atoms with Crippen LogP contribution in [0.5, 0.6) is 0 Å². The van der Waals surface area contributed by atoms with Crippen LogP contribution in [-0.2, 0) is 29.2 Å². The van der Waals surface area contributed by atoms with Gasteiger partial charge in [-0.15, -0.1) is 0 Å². The van der Waals surface area contributed by atoms with Crippen LogP contribution >= 0.6 is 0 Å². The number of allylic oxidation sites excluding steroid dienone is 1. The maximum absolute atomic E-state index is 11.7. The summed E-state index contributed by atoms with van der Waals surface area (Å²) in [6.07, 6.45) is 6.83. The molecular weight excluding hydrogens is 548 g/mol. The summed E-state index contributed by atoms with van der Waals surface area (Å²) in [7, 11) is -9.27. The van der Waals surface area contributed by atoms with Crippen LogP contribution in [0.15, 0.2) is 12.2 Å². The second-order valence-corrected chi connectivity index (χ2v) is 15.6. The van der Waals surface area contributed by atoms with Crippen molar-refractivity contribution in [1.29, 1.82) is 0 Å². The van der Waals surface area contributed by atoms with E-state index in [1.165, 1.54) is 0 Å². The van der Waals surface area contributed by atoms with E-state index in [9.17, 15) is 36.2 Å². The third-order valence-electron chi connectivity index (χ3n) is 10.9. The quantitative estimate of drug-likeness (QED) is 0.228. The average molecular weight is 595 g/mol. The minimum Gasteiger partial charge on any atom is -0.393 e. The molecule has 4 unspecified atom stereocenters. The molecule has 11 atom stereocenters. The van der Waals surface area contributed by atoms with Crippen LogP contribution in [0.3, 0.4) is 0 Å². The summed E-state index contributed by atoms with van der Waals surface area (Å²) in [5.41, 5.74) is -0.673. The molecule has 4 N–H and O–H groups in total. The fourth-order valence-electron chi connectivity index (χ4n) is 9.43. The maximum Gasteiger partial charge on any atom is 0.397 e. The molecule has 0 aromatic rings.